The number of aromatic nitrogens is 1. The SMILES string of the molecule is Cc1nc(-c2ccc3c(c2)NCC(C)(C)O3)c(C)s1. The second kappa shape index (κ2) is 4.23. The fourth-order valence-corrected chi connectivity index (χ4v) is 3.18. The number of aryl methyl sites for hydroxylation is 2. The molecular weight excluding hydrogens is 256 g/mol. The van der Waals surface area contributed by atoms with Crippen LogP contribution in [0.2, 0.25) is 0 Å². The van der Waals surface area contributed by atoms with Gasteiger partial charge in [-0.1, -0.05) is 0 Å². The van der Waals surface area contributed by atoms with Crippen LogP contribution in [0.5, 0.6) is 5.75 Å². The van der Waals surface area contributed by atoms with Crippen LogP contribution in [-0.2, 0) is 0 Å². The first-order valence-electron chi connectivity index (χ1n) is 6.46. The molecule has 0 radical (unpaired) electrons. The van der Waals surface area contributed by atoms with Crippen LogP contribution in [0, 0.1) is 13.8 Å². The highest BCUT2D eigenvalue weighted by molar-refractivity contribution is 7.11. The Bertz CT molecular complexity index is 631. The average Bonchev–Trinajstić information content (AvgIpc) is 2.67. The minimum atomic E-state index is -0.151. The molecule has 0 atom stereocenters. The number of hydrogen-bond donors (Lipinski definition) is 1. The molecule has 1 N–H and O–H groups in total. The van der Waals surface area contributed by atoms with Gasteiger partial charge >= 0.3 is 0 Å². The van der Waals surface area contributed by atoms with E-state index in [9.17, 15) is 0 Å². The Hall–Kier alpha value is -1.55. The van der Waals surface area contributed by atoms with Gasteiger partial charge in [0.1, 0.15) is 11.4 Å². The van der Waals surface area contributed by atoms with Gasteiger partial charge < -0.3 is 10.1 Å². The maximum absolute atomic E-state index is 5.97. The van der Waals surface area contributed by atoms with E-state index in [4.69, 9.17) is 4.74 Å². The van der Waals surface area contributed by atoms with Gasteiger partial charge in [-0.05, 0) is 45.9 Å². The molecule has 0 unspecified atom stereocenters. The van der Waals surface area contributed by atoms with Crippen molar-refractivity contribution in [1.82, 2.24) is 4.98 Å². The normalized spacial score (nSPS) is 16.4. The molecule has 2 aromatic rings. The number of nitrogens with one attached hydrogen (secondary N) is 1. The lowest BCUT2D eigenvalue weighted by Crippen LogP contribution is -2.39. The number of nitrogens with zero attached hydrogens (tertiary/aromatic N) is 1. The zero-order valence-corrected chi connectivity index (χ0v) is 12.5. The van der Waals surface area contributed by atoms with Crippen molar-refractivity contribution < 1.29 is 4.74 Å². The Kier molecular flexibility index (Phi) is 2.78. The van der Waals surface area contributed by atoms with E-state index in [0.717, 1.165) is 34.2 Å². The van der Waals surface area contributed by atoms with Gasteiger partial charge in [0, 0.05) is 10.4 Å². The Morgan fingerprint density at radius 2 is 2.11 bits per heavy atom. The van der Waals surface area contributed by atoms with E-state index in [1.165, 1.54) is 4.88 Å². The third kappa shape index (κ3) is 2.32. The van der Waals surface area contributed by atoms with E-state index in [-0.39, 0.29) is 5.60 Å². The number of anilines is 1. The molecule has 1 aliphatic heterocycles. The summed E-state index contributed by atoms with van der Waals surface area (Å²) >= 11 is 1.74. The lowest BCUT2D eigenvalue weighted by molar-refractivity contribution is 0.116. The Morgan fingerprint density at radius 1 is 1.32 bits per heavy atom. The zero-order chi connectivity index (χ0) is 13.6. The number of fused-ring (bicyclic) bond motifs is 1. The van der Waals surface area contributed by atoms with Crippen molar-refractivity contribution in [2.75, 3.05) is 11.9 Å². The fourth-order valence-electron chi connectivity index (χ4n) is 2.34. The van der Waals surface area contributed by atoms with E-state index in [2.05, 4.69) is 43.2 Å². The van der Waals surface area contributed by atoms with E-state index in [1.54, 1.807) is 11.3 Å². The zero-order valence-electron chi connectivity index (χ0n) is 11.7. The van der Waals surface area contributed by atoms with Gasteiger partial charge in [-0.25, -0.2) is 4.98 Å². The quantitative estimate of drug-likeness (QED) is 0.853. The molecule has 3 nitrogen and oxygen atoms in total. The van der Waals surface area contributed by atoms with Crippen LogP contribution >= 0.6 is 11.3 Å². The van der Waals surface area contributed by atoms with Gasteiger partial charge in [-0.15, -0.1) is 11.3 Å². The predicted octanol–water partition coefficient (Wildman–Crippen LogP) is 4.01. The number of ether oxygens (including phenoxy) is 1. The molecular formula is C15H18N2OS. The van der Waals surface area contributed by atoms with Crippen LogP contribution in [0.1, 0.15) is 23.7 Å². The number of rotatable bonds is 1. The van der Waals surface area contributed by atoms with Gasteiger partial charge in [0.2, 0.25) is 0 Å². The molecule has 100 valence electrons. The van der Waals surface area contributed by atoms with Crippen molar-refractivity contribution in [1.29, 1.82) is 0 Å². The van der Waals surface area contributed by atoms with Crippen molar-refractivity contribution in [2.24, 2.45) is 0 Å². The third-order valence-corrected chi connectivity index (χ3v) is 4.13. The third-order valence-electron chi connectivity index (χ3n) is 3.25. The topological polar surface area (TPSA) is 34.2 Å². The molecule has 19 heavy (non-hydrogen) atoms. The highest BCUT2D eigenvalue weighted by Crippen LogP contribution is 2.37. The van der Waals surface area contributed by atoms with Crippen molar-refractivity contribution in [3.05, 3.63) is 28.1 Å². The molecule has 3 rings (SSSR count). The van der Waals surface area contributed by atoms with Crippen LogP contribution in [0.25, 0.3) is 11.3 Å². The molecule has 1 aromatic carbocycles. The molecule has 1 aromatic heterocycles. The molecule has 4 heteroatoms. The number of thiazole rings is 1. The monoisotopic (exact) mass is 274 g/mol. The van der Waals surface area contributed by atoms with Gasteiger partial charge in [0.25, 0.3) is 0 Å². The molecule has 0 saturated heterocycles. The molecule has 2 heterocycles. The maximum Gasteiger partial charge on any atom is 0.143 e. The van der Waals surface area contributed by atoms with Gasteiger partial charge in [-0.3, -0.25) is 0 Å². The number of benzene rings is 1. The lowest BCUT2D eigenvalue weighted by Gasteiger charge is -2.33. The van der Waals surface area contributed by atoms with Gasteiger partial charge in [0.05, 0.1) is 22.9 Å². The first-order valence-corrected chi connectivity index (χ1v) is 7.28. The summed E-state index contributed by atoms with van der Waals surface area (Å²) in [5.74, 6) is 0.921. The van der Waals surface area contributed by atoms with E-state index in [0.29, 0.717) is 0 Å². The largest absolute Gasteiger partial charge is 0.484 e. The summed E-state index contributed by atoms with van der Waals surface area (Å²) in [6.07, 6.45) is 0. The second-order valence-corrected chi connectivity index (χ2v) is 6.97. The van der Waals surface area contributed by atoms with Crippen molar-refractivity contribution in [2.45, 2.75) is 33.3 Å². The summed E-state index contributed by atoms with van der Waals surface area (Å²) in [6.45, 7) is 9.16. The summed E-state index contributed by atoms with van der Waals surface area (Å²) in [5, 5.41) is 4.55. The molecule has 0 bridgehead atoms. The van der Waals surface area contributed by atoms with Crippen LogP contribution in [0.15, 0.2) is 18.2 Å². The van der Waals surface area contributed by atoms with Crippen molar-refractivity contribution >= 4 is 17.0 Å². The summed E-state index contributed by atoms with van der Waals surface area (Å²) in [4.78, 5) is 5.87. The summed E-state index contributed by atoms with van der Waals surface area (Å²) in [7, 11) is 0. The summed E-state index contributed by atoms with van der Waals surface area (Å²) in [5.41, 5.74) is 3.14. The molecule has 0 saturated carbocycles. The second-order valence-electron chi connectivity index (χ2n) is 5.56. The Balaban J connectivity index is 2.01. The van der Waals surface area contributed by atoms with Gasteiger partial charge in [-0.2, -0.15) is 0 Å². The van der Waals surface area contributed by atoms with Crippen LogP contribution in [0.3, 0.4) is 0 Å². The van der Waals surface area contributed by atoms with E-state index >= 15 is 0 Å². The Morgan fingerprint density at radius 3 is 2.79 bits per heavy atom. The smallest absolute Gasteiger partial charge is 0.143 e. The predicted molar refractivity (Wildman–Crippen MR) is 80.2 cm³/mol. The summed E-state index contributed by atoms with van der Waals surface area (Å²) in [6, 6.07) is 6.25. The highest BCUT2D eigenvalue weighted by Gasteiger charge is 2.26. The lowest BCUT2D eigenvalue weighted by atomic mass is 10.0. The van der Waals surface area contributed by atoms with Crippen LogP contribution in [-0.4, -0.2) is 17.1 Å². The first-order chi connectivity index (χ1) is 8.94. The Labute approximate surface area is 117 Å². The molecule has 0 fully saturated rings. The van der Waals surface area contributed by atoms with E-state index in [1.807, 2.05) is 13.0 Å². The fraction of sp³-hybridized carbons (Fsp3) is 0.400. The highest BCUT2D eigenvalue weighted by atomic mass is 32.1. The minimum Gasteiger partial charge on any atom is -0.484 e. The molecule has 0 spiro atoms. The van der Waals surface area contributed by atoms with Crippen molar-refractivity contribution in [3.63, 3.8) is 0 Å². The first kappa shape index (κ1) is 12.5. The molecule has 1 aliphatic rings. The maximum atomic E-state index is 5.97. The molecule has 0 amide bonds. The van der Waals surface area contributed by atoms with Crippen LogP contribution in [0.4, 0.5) is 5.69 Å². The standard InChI is InChI=1S/C15H18N2OS/c1-9-14(17-10(2)19-9)11-5-6-13-12(7-11)16-8-15(3,4)18-13/h5-7,16H,8H2,1-4H3. The average molecular weight is 274 g/mol. The number of hydrogen-bond acceptors (Lipinski definition) is 4. The van der Waals surface area contributed by atoms with E-state index < -0.39 is 0 Å². The molecule has 0 aliphatic carbocycles. The van der Waals surface area contributed by atoms with Crippen molar-refractivity contribution in [3.8, 4) is 17.0 Å². The van der Waals surface area contributed by atoms with Crippen LogP contribution < -0.4 is 10.1 Å². The van der Waals surface area contributed by atoms with Gasteiger partial charge in [0.15, 0.2) is 0 Å². The summed E-state index contributed by atoms with van der Waals surface area (Å²) < 4.78 is 5.97. The minimum absolute atomic E-state index is 0.151.